The van der Waals surface area contributed by atoms with Crippen LogP contribution in [0.3, 0.4) is 0 Å². The average molecular weight is 256 g/mol. The van der Waals surface area contributed by atoms with Gasteiger partial charge in [-0.3, -0.25) is 4.90 Å². The lowest BCUT2D eigenvalue weighted by atomic mass is 9.77. The Labute approximate surface area is 111 Å². The molecule has 2 aliphatic rings. The number of ether oxygens (including phenoxy) is 2. The SMILES string of the molecule is COC(CC(CN)N1CC2CCCC(C2)C1)OC. The number of fused-ring (bicyclic) bond motifs is 2. The molecule has 0 aromatic rings. The third-order valence-corrected chi connectivity index (χ3v) is 4.66. The first-order valence-electron chi connectivity index (χ1n) is 7.26. The molecule has 18 heavy (non-hydrogen) atoms. The molecule has 0 aromatic heterocycles. The summed E-state index contributed by atoms with van der Waals surface area (Å²) in [5.74, 6) is 1.80. The smallest absolute Gasteiger partial charge is 0.158 e. The van der Waals surface area contributed by atoms with Crippen LogP contribution in [-0.2, 0) is 9.47 Å². The normalized spacial score (nSPS) is 30.7. The van der Waals surface area contributed by atoms with E-state index in [9.17, 15) is 0 Å². The van der Waals surface area contributed by atoms with E-state index in [0.717, 1.165) is 18.3 Å². The first-order valence-corrected chi connectivity index (χ1v) is 7.26. The van der Waals surface area contributed by atoms with Crippen LogP contribution in [0.5, 0.6) is 0 Å². The molecule has 4 nitrogen and oxygen atoms in total. The van der Waals surface area contributed by atoms with E-state index in [4.69, 9.17) is 15.2 Å². The first-order chi connectivity index (χ1) is 8.76. The van der Waals surface area contributed by atoms with Crippen LogP contribution in [-0.4, -0.2) is 51.1 Å². The number of nitrogens with zero attached hydrogens (tertiary/aromatic N) is 1. The van der Waals surface area contributed by atoms with Gasteiger partial charge in [0.1, 0.15) is 0 Å². The van der Waals surface area contributed by atoms with Crippen LogP contribution in [0.25, 0.3) is 0 Å². The average Bonchev–Trinajstić information content (AvgIpc) is 2.40. The highest BCUT2D eigenvalue weighted by molar-refractivity contribution is 4.87. The molecule has 3 unspecified atom stereocenters. The van der Waals surface area contributed by atoms with Gasteiger partial charge in [-0.05, 0) is 31.1 Å². The van der Waals surface area contributed by atoms with E-state index in [2.05, 4.69) is 4.90 Å². The quantitative estimate of drug-likeness (QED) is 0.731. The number of likely N-dealkylation sites (tertiary alicyclic amines) is 1. The van der Waals surface area contributed by atoms with Crippen molar-refractivity contribution in [3.05, 3.63) is 0 Å². The summed E-state index contributed by atoms with van der Waals surface area (Å²) >= 11 is 0. The van der Waals surface area contributed by atoms with Gasteiger partial charge in [-0.1, -0.05) is 6.42 Å². The van der Waals surface area contributed by atoms with Crippen LogP contribution in [0.1, 0.15) is 32.1 Å². The molecular formula is C14H28N2O2. The van der Waals surface area contributed by atoms with Crippen LogP contribution >= 0.6 is 0 Å². The van der Waals surface area contributed by atoms with E-state index >= 15 is 0 Å². The Balaban J connectivity index is 1.91. The monoisotopic (exact) mass is 256 g/mol. The van der Waals surface area contributed by atoms with Gasteiger partial charge < -0.3 is 15.2 Å². The molecule has 2 fully saturated rings. The number of hydrogen-bond donors (Lipinski definition) is 1. The molecule has 2 bridgehead atoms. The summed E-state index contributed by atoms with van der Waals surface area (Å²) in [6, 6.07) is 0.401. The minimum absolute atomic E-state index is 0.125. The van der Waals surface area contributed by atoms with Crippen LogP contribution in [0, 0.1) is 11.8 Å². The topological polar surface area (TPSA) is 47.7 Å². The van der Waals surface area contributed by atoms with Crippen molar-refractivity contribution < 1.29 is 9.47 Å². The predicted molar refractivity (Wildman–Crippen MR) is 72.3 cm³/mol. The van der Waals surface area contributed by atoms with Gasteiger partial charge in [-0.2, -0.15) is 0 Å². The maximum absolute atomic E-state index is 5.96. The van der Waals surface area contributed by atoms with Crippen molar-refractivity contribution in [2.75, 3.05) is 33.9 Å². The van der Waals surface area contributed by atoms with Crippen molar-refractivity contribution in [2.45, 2.75) is 44.4 Å². The second-order valence-electron chi connectivity index (χ2n) is 5.88. The predicted octanol–water partition coefficient (Wildman–Crippen LogP) is 1.44. The Morgan fingerprint density at radius 2 is 1.78 bits per heavy atom. The largest absolute Gasteiger partial charge is 0.356 e. The molecule has 0 spiro atoms. The van der Waals surface area contributed by atoms with Gasteiger partial charge in [-0.15, -0.1) is 0 Å². The Morgan fingerprint density at radius 1 is 1.17 bits per heavy atom. The second kappa shape index (κ2) is 6.85. The Morgan fingerprint density at radius 3 is 2.28 bits per heavy atom. The molecule has 2 N–H and O–H groups in total. The summed E-state index contributed by atoms with van der Waals surface area (Å²) < 4.78 is 10.6. The van der Waals surface area contributed by atoms with Crippen LogP contribution in [0.4, 0.5) is 0 Å². The van der Waals surface area contributed by atoms with Crippen molar-refractivity contribution in [1.82, 2.24) is 4.90 Å². The Hall–Kier alpha value is -0.160. The molecular weight excluding hydrogens is 228 g/mol. The molecule has 1 heterocycles. The van der Waals surface area contributed by atoms with Gasteiger partial charge in [0.2, 0.25) is 0 Å². The third kappa shape index (κ3) is 3.44. The molecule has 4 heteroatoms. The molecule has 2 rings (SSSR count). The van der Waals surface area contributed by atoms with E-state index < -0.39 is 0 Å². The lowest BCUT2D eigenvalue weighted by molar-refractivity contribution is -0.119. The minimum Gasteiger partial charge on any atom is -0.356 e. The molecule has 106 valence electrons. The fourth-order valence-electron chi connectivity index (χ4n) is 3.68. The third-order valence-electron chi connectivity index (χ3n) is 4.66. The van der Waals surface area contributed by atoms with E-state index in [1.54, 1.807) is 14.2 Å². The maximum atomic E-state index is 5.96. The highest BCUT2D eigenvalue weighted by Crippen LogP contribution is 2.35. The second-order valence-corrected chi connectivity index (χ2v) is 5.88. The summed E-state index contributed by atoms with van der Waals surface area (Å²) in [5.41, 5.74) is 5.96. The minimum atomic E-state index is -0.125. The van der Waals surface area contributed by atoms with Gasteiger partial charge in [0.25, 0.3) is 0 Å². The first kappa shape index (κ1) is 14.3. The molecule has 3 atom stereocenters. The molecule has 1 saturated heterocycles. The van der Waals surface area contributed by atoms with E-state index in [1.807, 2.05) is 0 Å². The van der Waals surface area contributed by atoms with Gasteiger partial charge in [0.05, 0.1) is 0 Å². The van der Waals surface area contributed by atoms with Crippen molar-refractivity contribution in [2.24, 2.45) is 17.6 Å². The highest BCUT2D eigenvalue weighted by atomic mass is 16.7. The van der Waals surface area contributed by atoms with E-state index in [-0.39, 0.29) is 6.29 Å². The van der Waals surface area contributed by atoms with Crippen molar-refractivity contribution in [3.8, 4) is 0 Å². The van der Waals surface area contributed by atoms with Crippen molar-refractivity contribution in [1.29, 1.82) is 0 Å². The number of methoxy groups -OCH3 is 2. The lowest BCUT2D eigenvalue weighted by Crippen LogP contribution is -2.51. The number of rotatable bonds is 6. The summed E-state index contributed by atoms with van der Waals surface area (Å²) in [6.45, 7) is 3.14. The van der Waals surface area contributed by atoms with Gasteiger partial charge >= 0.3 is 0 Å². The molecule has 1 aliphatic heterocycles. The lowest BCUT2D eigenvalue weighted by Gasteiger charge is -2.45. The van der Waals surface area contributed by atoms with Crippen LogP contribution < -0.4 is 5.73 Å². The Bertz CT molecular complexity index is 234. The van der Waals surface area contributed by atoms with E-state index in [1.165, 1.54) is 38.8 Å². The Kier molecular flexibility index (Phi) is 5.42. The van der Waals surface area contributed by atoms with Crippen molar-refractivity contribution in [3.63, 3.8) is 0 Å². The molecule has 0 radical (unpaired) electrons. The molecule has 1 saturated carbocycles. The van der Waals surface area contributed by atoms with Crippen LogP contribution in [0.15, 0.2) is 0 Å². The molecule has 0 aromatic carbocycles. The summed E-state index contributed by atoms with van der Waals surface area (Å²) in [7, 11) is 3.40. The number of piperidine rings is 1. The number of nitrogens with two attached hydrogens (primary N) is 1. The molecule has 1 aliphatic carbocycles. The fraction of sp³-hybridized carbons (Fsp3) is 1.00. The van der Waals surface area contributed by atoms with E-state index in [0.29, 0.717) is 12.6 Å². The van der Waals surface area contributed by atoms with Crippen molar-refractivity contribution >= 4 is 0 Å². The van der Waals surface area contributed by atoms with Crippen LogP contribution in [0.2, 0.25) is 0 Å². The standard InChI is InChI=1S/C14H28N2O2/c1-17-14(18-2)7-13(8-15)16-9-11-4-3-5-12(6-11)10-16/h11-14H,3-10,15H2,1-2H3. The fourth-order valence-corrected chi connectivity index (χ4v) is 3.68. The highest BCUT2D eigenvalue weighted by Gasteiger charge is 2.33. The maximum Gasteiger partial charge on any atom is 0.158 e. The summed E-state index contributed by atoms with van der Waals surface area (Å²) in [6.07, 6.45) is 6.43. The number of hydrogen-bond acceptors (Lipinski definition) is 4. The van der Waals surface area contributed by atoms with Gasteiger partial charge in [0, 0.05) is 46.3 Å². The zero-order valence-electron chi connectivity index (χ0n) is 11.8. The van der Waals surface area contributed by atoms with Gasteiger partial charge in [0.15, 0.2) is 6.29 Å². The zero-order chi connectivity index (χ0) is 13.0. The summed E-state index contributed by atoms with van der Waals surface area (Å²) in [4.78, 5) is 2.59. The van der Waals surface area contributed by atoms with Gasteiger partial charge in [-0.25, -0.2) is 0 Å². The zero-order valence-corrected chi connectivity index (χ0v) is 11.8. The summed E-state index contributed by atoms with van der Waals surface area (Å²) in [5, 5.41) is 0. The molecule has 0 amide bonds.